The Balaban J connectivity index is 1.35. The molecular formula is C27H22ClN3O2S. The molecule has 5 rings (SSSR count). The van der Waals surface area contributed by atoms with Crippen molar-refractivity contribution in [1.82, 2.24) is 9.55 Å². The van der Waals surface area contributed by atoms with Gasteiger partial charge < -0.3 is 0 Å². The Bertz CT molecular complexity index is 1550. The number of anilines is 1. The predicted octanol–water partition coefficient (Wildman–Crippen LogP) is 6.26. The monoisotopic (exact) mass is 487 g/mol. The van der Waals surface area contributed by atoms with Gasteiger partial charge in [-0.05, 0) is 60.5 Å². The third-order valence-corrected chi connectivity index (χ3v) is 7.50. The van der Waals surface area contributed by atoms with Crippen LogP contribution in [0.3, 0.4) is 0 Å². The Kier molecular flexibility index (Phi) is 6.09. The van der Waals surface area contributed by atoms with Crippen molar-refractivity contribution in [2.45, 2.75) is 17.7 Å². The zero-order chi connectivity index (χ0) is 23.5. The maximum Gasteiger partial charge on any atom is 0.263 e. The lowest BCUT2D eigenvalue weighted by atomic mass is 10.1. The van der Waals surface area contributed by atoms with Crippen molar-refractivity contribution in [2.75, 3.05) is 4.72 Å². The van der Waals surface area contributed by atoms with Crippen molar-refractivity contribution >= 4 is 38.3 Å². The Morgan fingerprint density at radius 3 is 2.21 bits per heavy atom. The molecule has 0 bridgehead atoms. The molecule has 0 aliphatic heterocycles. The van der Waals surface area contributed by atoms with Gasteiger partial charge in [-0.15, -0.1) is 0 Å². The number of fused-ring (bicyclic) bond motifs is 1. The molecule has 0 fully saturated rings. The zero-order valence-electron chi connectivity index (χ0n) is 18.2. The molecule has 0 atom stereocenters. The number of nitrogens with zero attached hydrogens (tertiary/aromatic N) is 2. The molecule has 0 radical (unpaired) electrons. The summed E-state index contributed by atoms with van der Waals surface area (Å²) in [7, 11) is -3.76. The topological polar surface area (TPSA) is 64.0 Å². The standard InChI is InChI=1S/C27H22ClN3O2S/c28-23-10-4-7-13-26(23)34(32,33)30-21-17-14-20(15-18-21)16-19-27-29-24-11-5-6-12-25(24)31(27)22-8-2-1-3-9-22/h1-15,17-18,30H,16,19H2. The van der Waals surface area contributed by atoms with Crippen LogP contribution < -0.4 is 4.72 Å². The number of sulfonamides is 1. The van der Waals surface area contributed by atoms with Crippen LogP contribution in [0.25, 0.3) is 16.7 Å². The summed E-state index contributed by atoms with van der Waals surface area (Å²) in [5, 5.41) is 0.188. The molecule has 0 saturated heterocycles. The summed E-state index contributed by atoms with van der Waals surface area (Å²) in [6.45, 7) is 0. The molecule has 0 spiro atoms. The van der Waals surface area contributed by atoms with E-state index in [0.29, 0.717) is 5.69 Å². The third kappa shape index (κ3) is 4.55. The number of aromatic nitrogens is 2. The molecule has 7 heteroatoms. The Morgan fingerprint density at radius 1 is 0.765 bits per heavy atom. The van der Waals surface area contributed by atoms with E-state index in [1.807, 2.05) is 48.5 Å². The van der Waals surface area contributed by atoms with E-state index in [1.54, 1.807) is 30.3 Å². The lowest BCUT2D eigenvalue weighted by molar-refractivity contribution is 0.601. The first-order valence-electron chi connectivity index (χ1n) is 10.9. The summed E-state index contributed by atoms with van der Waals surface area (Å²) in [5.74, 6) is 0.982. The van der Waals surface area contributed by atoms with Crippen molar-refractivity contribution in [3.05, 3.63) is 120 Å². The molecule has 1 aromatic heterocycles. The molecule has 0 aliphatic rings. The van der Waals surface area contributed by atoms with Gasteiger partial charge in [-0.3, -0.25) is 9.29 Å². The number of benzene rings is 4. The Hall–Kier alpha value is -3.61. The second-order valence-corrected chi connectivity index (χ2v) is 9.98. The minimum atomic E-state index is -3.76. The molecule has 34 heavy (non-hydrogen) atoms. The quantitative estimate of drug-likeness (QED) is 0.294. The highest BCUT2D eigenvalue weighted by atomic mass is 35.5. The first-order valence-corrected chi connectivity index (χ1v) is 12.8. The van der Waals surface area contributed by atoms with Crippen LogP contribution in [0.2, 0.25) is 5.02 Å². The molecule has 1 heterocycles. The molecule has 0 saturated carbocycles. The molecule has 5 nitrogen and oxygen atoms in total. The fraction of sp³-hybridized carbons (Fsp3) is 0.0741. The fourth-order valence-corrected chi connectivity index (χ4v) is 5.56. The van der Waals surface area contributed by atoms with E-state index in [0.717, 1.165) is 41.0 Å². The lowest BCUT2D eigenvalue weighted by Crippen LogP contribution is -2.13. The van der Waals surface area contributed by atoms with Gasteiger partial charge in [0, 0.05) is 17.8 Å². The number of para-hydroxylation sites is 3. The van der Waals surface area contributed by atoms with Gasteiger partial charge in [0.15, 0.2) is 0 Å². The number of halogens is 1. The highest BCUT2D eigenvalue weighted by Crippen LogP contribution is 2.25. The van der Waals surface area contributed by atoms with Gasteiger partial charge in [-0.2, -0.15) is 0 Å². The van der Waals surface area contributed by atoms with E-state index in [1.165, 1.54) is 6.07 Å². The van der Waals surface area contributed by atoms with Gasteiger partial charge in [0.1, 0.15) is 10.7 Å². The molecule has 1 N–H and O–H groups in total. The van der Waals surface area contributed by atoms with Crippen LogP contribution in [0.1, 0.15) is 11.4 Å². The van der Waals surface area contributed by atoms with E-state index >= 15 is 0 Å². The van der Waals surface area contributed by atoms with Crippen LogP contribution in [-0.2, 0) is 22.9 Å². The van der Waals surface area contributed by atoms with E-state index in [4.69, 9.17) is 16.6 Å². The number of hydrogen-bond donors (Lipinski definition) is 1. The SMILES string of the molecule is O=S(=O)(Nc1ccc(CCc2nc3ccccc3n2-c2ccccc2)cc1)c1ccccc1Cl. The number of imidazole rings is 1. The maximum atomic E-state index is 12.7. The number of hydrogen-bond acceptors (Lipinski definition) is 3. The van der Waals surface area contributed by atoms with Crippen LogP contribution in [0.5, 0.6) is 0 Å². The van der Waals surface area contributed by atoms with Gasteiger partial charge in [0.2, 0.25) is 0 Å². The summed E-state index contributed by atoms with van der Waals surface area (Å²) in [6.07, 6.45) is 1.52. The predicted molar refractivity (Wildman–Crippen MR) is 137 cm³/mol. The van der Waals surface area contributed by atoms with Gasteiger partial charge >= 0.3 is 0 Å². The van der Waals surface area contributed by atoms with Crippen LogP contribution in [0, 0.1) is 0 Å². The minimum Gasteiger partial charge on any atom is -0.296 e. The van der Waals surface area contributed by atoms with Gasteiger partial charge in [-0.25, -0.2) is 13.4 Å². The normalized spacial score (nSPS) is 11.6. The van der Waals surface area contributed by atoms with Gasteiger partial charge in [0.05, 0.1) is 16.1 Å². The smallest absolute Gasteiger partial charge is 0.263 e. The van der Waals surface area contributed by atoms with Crippen molar-refractivity contribution in [3.8, 4) is 5.69 Å². The molecule has 0 aliphatic carbocycles. The van der Waals surface area contributed by atoms with Crippen molar-refractivity contribution < 1.29 is 8.42 Å². The fourth-order valence-electron chi connectivity index (χ4n) is 3.98. The third-order valence-electron chi connectivity index (χ3n) is 5.61. The van der Waals surface area contributed by atoms with Crippen LogP contribution in [-0.4, -0.2) is 18.0 Å². The average molecular weight is 488 g/mol. The van der Waals surface area contributed by atoms with Crippen LogP contribution >= 0.6 is 11.6 Å². The van der Waals surface area contributed by atoms with E-state index in [2.05, 4.69) is 27.5 Å². The second kappa shape index (κ2) is 9.33. The molecular weight excluding hydrogens is 466 g/mol. The Labute approximate surface area is 203 Å². The molecule has 0 amide bonds. The first kappa shape index (κ1) is 22.2. The van der Waals surface area contributed by atoms with E-state index in [-0.39, 0.29) is 9.92 Å². The number of aryl methyl sites for hydroxylation is 2. The van der Waals surface area contributed by atoms with E-state index in [9.17, 15) is 8.42 Å². The molecule has 170 valence electrons. The largest absolute Gasteiger partial charge is 0.296 e. The summed E-state index contributed by atoms with van der Waals surface area (Å²) in [4.78, 5) is 4.93. The van der Waals surface area contributed by atoms with Crippen molar-refractivity contribution in [2.24, 2.45) is 0 Å². The molecule has 5 aromatic rings. The summed E-state index contributed by atoms with van der Waals surface area (Å²) in [6, 6.07) is 32.1. The Morgan fingerprint density at radius 2 is 1.44 bits per heavy atom. The highest BCUT2D eigenvalue weighted by Gasteiger charge is 2.17. The maximum absolute atomic E-state index is 12.7. The average Bonchev–Trinajstić information content (AvgIpc) is 3.22. The van der Waals surface area contributed by atoms with Gasteiger partial charge in [0.25, 0.3) is 10.0 Å². The summed E-state index contributed by atoms with van der Waals surface area (Å²) < 4.78 is 30.1. The highest BCUT2D eigenvalue weighted by molar-refractivity contribution is 7.92. The van der Waals surface area contributed by atoms with Crippen molar-refractivity contribution in [1.29, 1.82) is 0 Å². The molecule has 4 aromatic carbocycles. The summed E-state index contributed by atoms with van der Waals surface area (Å²) in [5.41, 5.74) is 4.70. The molecule has 0 unspecified atom stereocenters. The van der Waals surface area contributed by atoms with E-state index < -0.39 is 10.0 Å². The first-order chi connectivity index (χ1) is 16.5. The second-order valence-electron chi connectivity index (χ2n) is 7.92. The van der Waals surface area contributed by atoms with Crippen LogP contribution in [0.15, 0.2) is 108 Å². The number of nitrogens with one attached hydrogen (secondary N) is 1. The van der Waals surface area contributed by atoms with Crippen LogP contribution in [0.4, 0.5) is 5.69 Å². The van der Waals surface area contributed by atoms with Crippen molar-refractivity contribution in [3.63, 3.8) is 0 Å². The van der Waals surface area contributed by atoms with Gasteiger partial charge in [-0.1, -0.05) is 66.2 Å². The zero-order valence-corrected chi connectivity index (χ0v) is 19.8. The number of rotatable bonds is 7. The lowest BCUT2D eigenvalue weighted by Gasteiger charge is -2.11. The minimum absolute atomic E-state index is 0.0561. The summed E-state index contributed by atoms with van der Waals surface area (Å²) >= 11 is 6.06.